The van der Waals surface area contributed by atoms with E-state index in [1.807, 2.05) is 0 Å². The molecule has 0 aliphatic carbocycles. The molecule has 3 rings (SSSR count). The number of nitrogens with two attached hydrogens (primary N) is 1. The van der Waals surface area contributed by atoms with Gasteiger partial charge in [0, 0.05) is 11.9 Å². The van der Waals surface area contributed by atoms with Gasteiger partial charge in [0.2, 0.25) is 0 Å². The largest absolute Gasteiger partial charge is 1.00 e. The average Bonchev–Trinajstić information content (AvgIpc) is 2.78. The van der Waals surface area contributed by atoms with E-state index in [0.29, 0.717) is 5.75 Å². The number of aromatic nitrogens is 2. The zero-order valence-corrected chi connectivity index (χ0v) is 14.8. The fourth-order valence-electron chi connectivity index (χ4n) is 1.91. The van der Waals surface area contributed by atoms with Gasteiger partial charge in [-0.05, 0) is 6.07 Å². The zero-order valence-electron chi connectivity index (χ0n) is 11.1. The van der Waals surface area contributed by atoms with Crippen LogP contribution in [0.2, 0.25) is 0 Å². The Balaban J connectivity index is 0.00000161. The molecule has 0 saturated carbocycles. The van der Waals surface area contributed by atoms with Gasteiger partial charge in [0.05, 0.1) is 13.2 Å². The van der Waals surface area contributed by atoms with E-state index in [1.54, 1.807) is 0 Å². The van der Waals surface area contributed by atoms with E-state index in [-0.39, 0.29) is 48.6 Å². The van der Waals surface area contributed by atoms with Crippen molar-refractivity contribution in [3.8, 4) is 0 Å². The van der Waals surface area contributed by atoms with Crippen LogP contribution in [0.1, 0.15) is 6.23 Å². The number of nitrogens with zero attached hydrogens (tertiary/aromatic N) is 2. The van der Waals surface area contributed by atoms with Crippen LogP contribution in [0.3, 0.4) is 0 Å². The molecule has 1 aromatic heterocycles. The van der Waals surface area contributed by atoms with Crippen LogP contribution < -0.4 is 45.9 Å². The van der Waals surface area contributed by atoms with Crippen LogP contribution in [-0.2, 0) is 18.3 Å². The van der Waals surface area contributed by atoms with Crippen LogP contribution in [0.4, 0.5) is 5.82 Å². The number of phosphoric ester groups is 1. The predicted molar refractivity (Wildman–Crippen MR) is 67.7 cm³/mol. The maximum atomic E-state index is 11.7. The quantitative estimate of drug-likeness (QED) is 0.404. The third kappa shape index (κ3) is 3.72. The predicted octanol–water partition coefficient (Wildman–Crippen LogP) is -3.70. The smallest absolute Gasteiger partial charge is 0.756 e. The average molecular weight is 343 g/mol. The molecule has 0 radical (unpaired) electrons. The SMILES string of the molecule is Nc1ccn(C2CSC3(COP(=O)([O-])OC3)O2)c(=O)n1.[Na+]. The molecule has 1 spiro atoms. The van der Waals surface area contributed by atoms with Crippen molar-refractivity contribution in [2.45, 2.75) is 11.2 Å². The van der Waals surface area contributed by atoms with Crippen molar-refractivity contribution >= 4 is 25.4 Å². The summed E-state index contributed by atoms with van der Waals surface area (Å²) in [5, 5.41) is 0. The standard InChI is InChI=1S/C9H12N3O6PS.Na/c10-6-1-2-12(8(13)11-6)7-3-20-9(18-7)4-16-19(14,15)17-5-9;/h1-2,7H,3-5H2,(H,14,15)(H2,10,11,13);/q;+1/p-1. The summed E-state index contributed by atoms with van der Waals surface area (Å²) in [6, 6.07) is 1.49. The second-order valence-corrected chi connectivity index (χ2v) is 7.11. The summed E-state index contributed by atoms with van der Waals surface area (Å²) in [7, 11) is -4.21. The van der Waals surface area contributed by atoms with Crippen LogP contribution in [0.15, 0.2) is 17.1 Å². The van der Waals surface area contributed by atoms with Gasteiger partial charge in [-0.2, -0.15) is 4.98 Å². The normalized spacial score (nSPS) is 35.6. The van der Waals surface area contributed by atoms with E-state index in [9.17, 15) is 14.3 Å². The monoisotopic (exact) mass is 343 g/mol. The summed E-state index contributed by atoms with van der Waals surface area (Å²) in [6.45, 7) is -0.293. The molecule has 2 saturated heterocycles. The molecular weight excluding hydrogens is 332 g/mol. The molecule has 2 aliphatic heterocycles. The Labute approximate surface area is 146 Å². The van der Waals surface area contributed by atoms with Crippen LogP contribution in [-0.4, -0.2) is 33.5 Å². The molecule has 2 N–H and O–H groups in total. The number of nitrogen functional groups attached to an aromatic ring is 1. The van der Waals surface area contributed by atoms with Crippen molar-refractivity contribution in [2.75, 3.05) is 24.7 Å². The molecule has 21 heavy (non-hydrogen) atoms. The van der Waals surface area contributed by atoms with Crippen LogP contribution in [0.25, 0.3) is 0 Å². The maximum Gasteiger partial charge on any atom is 1.00 e. The third-order valence-corrected chi connectivity index (χ3v) is 5.09. The summed E-state index contributed by atoms with van der Waals surface area (Å²) >= 11 is 1.33. The number of anilines is 1. The minimum Gasteiger partial charge on any atom is -0.756 e. The van der Waals surface area contributed by atoms with E-state index in [4.69, 9.17) is 10.5 Å². The molecule has 3 heterocycles. The Morgan fingerprint density at radius 2 is 2.19 bits per heavy atom. The number of rotatable bonds is 1. The van der Waals surface area contributed by atoms with Gasteiger partial charge in [-0.1, -0.05) is 0 Å². The van der Waals surface area contributed by atoms with E-state index < -0.39 is 24.7 Å². The molecule has 9 nitrogen and oxygen atoms in total. The molecule has 12 heteroatoms. The molecule has 0 aromatic carbocycles. The van der Waals surface area contributed by atoms with E-state index in [1.165, 1.54) is 28.6 Å². The van der Waals surface area contributed by atoms with Gasteiger partial charge in [0.25, 0.3) is 7.82 Å². The first-order valence-corrected chi connectivity index (χ1v) is 8.10. The van der Waals surface area contributed by atoms with Gasteiger partial charge in [0.1, 0.15) is 12.0 Å². The van der Waals surface area contributed by atoms with Crippen molar-refractivity contribution in [1.82, 2.24) is 9.55 Å². The summed E-state index contributed by atoms with van der Waals surface area (Å²) in [5.41, 5.74) is 4.89. The maximum absolute atomic E-state index is 11.7. The van der Waals surface area contributed by atoms with Gasteiger partial charge in [-0.25, -0.2) is 4.79 Å². The van der Waals surface area contributed by atoms with Crippen molar-refractivity contribution in [3.05, 3.63) is 22.7 Å². The fourth-order valence-corrected chi connectivity index (χ4v) is 4.03. The second-order valence-electron chi connectivity index (χ2n) is 4.33. The van der Waals surface area contributed by atoms with Crippen LogP contribution in [0, 0.1) is 0 Å². The van der Waals surface area contributed by atoms with Crippen molar-refractivity contribution in [1.29, 1.82) is 0 Å². The minimum absolute atomic E-state index is 0. The number of ether oxygens (including phenoxy) is 1. The van der Waals surface area contributed by atoms with Crippen molar-refractivity contribution in [3.63, 3.8) is 0 Å². The molecule has 1 aromatic rings. The second kappa shape index (κ2) is 6.31. The number of thioether (sulfide) groups is 1. The minimum atomic E-state index is -4.21. The van der Waals surface area contributed by atoms with Gasteiger partial charge in [0.15, 0.2) is 4.93 Å². The third-order valence-electron chi connectivity index (χ3n) is 2.89. The summed E-state index contributed by atoms with van der Waals surface area (Å²) < 4.78 is 27.4. The van der Waals surface area contributed by atoms with Gasteiger partial charge in [-0.3, -0.25) is 9.13 Å². The molecular formula is C9H11N3NaO6PS. The molecule has 2 aliphatic rings. The van der Waals surface area contributed by atoms with Crippen molar-refractivity contribution < 1.29 is 52.8 Å². The fraction of sp³-hybridized carbons (Fsp3) is 0.556. The Hall–Kier alpha value is 0.100. The topological polar surface area (TPSA) is 129 Å². The van der Waals surface area contributed by atoms with E-state index in [2.05, 4.69) is 14.0 Å². The molecule has 0 amide bonds. The molecule has 2 fully saturated rings. The Morgan fingerprint density at radius 1 is 1.52 bits per heavy atom. The first-order valence-electron chi connectivity index (χ1n) is 5.66. The Kier molecular flexibility index (Phi) is 5.24. The van der Waals surface area contributed by atoms with Crippen LogP contribution >= 0.6 is 19.6 Å². The molecule has 110 valence electrons. The van der Waals surface area contributed by atoms with Gasteiger partial charge in [-0.15, -0.1) is 11.8 Å². The molecule has 0 bridgehead atoms. The number of hydrogen-bond donors (Lipinski definition) is 1. The number of phosphoric acid groups is 1. The summed E-state index contributed by atoms with van der Waals surface area (Å²) in [5.74, 6) is 0.574. The molecule has 1 unspecified atom stereocenters. The first-order chi connectivity index (χ1) is 9.39. The first kappa shape index (κ1) is 17.5. The van der Waals surface area contributed by atoms with E-state index in [0.717, 1.165) is 0 Å². The molecule has 1 atom stereocenters. The van der Waals surface area contributed by atoms with Gasteiger partial charge >= 0.3 is 35.2 Å². The Bertz CT molecular complexity index is 630. The Morgan fingerprint density at radius 3 is 2.81 bits per heavy atom. The summed E-state index contributed by atoms with van der Waals surface area (Å²) in [4.78, 5) is 25.5. The van der Waals surface area contributed by atoms with E-state index >= 15 is 0 Å². The number of hydrogen-bond acceptors (Lipinski definition) is 9. The van der Waals surface area contributed by atoms with Gasteiger partial charge < -0.3 is 24.4 Å². The zero-order chi connectivity index (χ0) is 14.4. The summed E-state index contributed by atoms with van der Waals surface area (Å²) in [6.07, 6.45) is 0.912. The van der Waals surface area contributed by atoms with Crippen molar-refractivity contribution in [2.24, 2.45) is 0 Å². The van der Waals surface area contributed by atoms with Crippen LogP contribution in [0.5, 0.6) is 0 Å².